The predicted molar refractivity (Wildman–Crippen MR) is 83.9 cm³/mol. The highest BCUT2D eigenvalue weighted by molar-refractivity contribution is 5.74. The Balaban J connectivity index is 2.37. The quantitative estimate of drug-likeness (QED) is 0.748. The summed E-state index contributed by atoms with van der Waals surface area (Å²) in [6.45, 7) is 8.58. The molecule has 116 valence electrons. The number of esters is 1. The summed E-state index contributed by atoms with van der Waals surface area (Å²) in [4.78, 5) is 11.9. The molecule has 0 bridgehead atoms. The van der Waals surface area contributed by atoms with Gasteiger partial charge < -0.3 is 9.47 Å². The molecule has 0 fully saturated rings. The van der Waals surface area contributed by atoms with Gasteiger partial charge in [-0.15, -0.1) is 0 Å². The zero-order chi connectivity index (χ0) is 15.4. The number of ether oxygens (including phenoxy) is 2. The van der Waals surface area contributed by atoms with Crippen LogP contribution in [0.2, 0.25) is 0 Å². The van der Waals surface area contributed by atoms with Gasteiger partial charge in [-0.05, 0) is 63.1 Å². The lowest BCUT2D eigenvalue weighted by Gasteiger charge is -2.21. The van der Waals surface area contributed by atoms with E-state index in [1.165, 1.54) is 23.1 Å². The van der Waals surface area contributed by atoms with Gasteiger partial charge in [-0.3, -0.25) is 4.79 Å². The molecule has 1 atom stereocenters. The maximum atomic E-state index is 11.9. The molecular formula is C18H26O3. The number of aryl methyl sites for hydroxylation is 1. The molecule has 0 heterocycles. The maximum Gasteiger partial charge on any atom is 0.310 e. The highest BCUT2D eigenvalue weighted by Gasteiger charge is 2.23. The van der Waals surface area contributed by atoms with Crippen molar-refractivity contribution in [1.29, 1.82) is 0 Å². The van der Waals surface area contributed by atoms with Gasteiger partial charge in [-0.1, -0.05) is 13.0 Å². The zero-order valence-electron chi connectivity index (χ0n) is 13.6. The summed E-state index contributed by atoms with van der Waals surface area (Å²) in [5.41, 5.74) is 4.99. The third-order valence-electron chi connectivity index (χ3n) is 4.18. The fraction of sp³-hybridized carbons (Fsp3) is 0.611. The van der Waals surface area contributed by atoms with Gasteiger partial charge in [0.2, 0.25) is 0 Å². The van der Waals surface area contributed by atoms with Gasteiger partial charge in [-0.25, -0.2) is 0 Å². The van der Waals surface area contributed by atoms with Crippen LogP contribution in [0.15, 0.2) is 6.07 Å². The Morgan fingerprint density at radius 2 is 2.00 bits per heavy atom. The molecule has 3 heteroatoms. The van der Waals surface area contributed by atoms with E-state index >= 15 is 0 Å². The minimum Gasteiger partial charge on any atom is -0.490 e. The van der Waals surface area contributed by atoms with Crippen LogP contribution in [0.4, 0.5) is 0 Å². The van der Waals surface area contributed by atoms with Crippen molar-refractivity contribution < 1.29 is 14.3 Å². The van der Waals surface area contributed by atoms with E-state index in [4.69, 9.17) is 9.47 Å². The Bertz CT molecular complexity index is 520. The van der Waals surface area contributed by atoms with E-state index < -0.39 is 0 Å². The SMILES string of the molecule is CCOC(=O)Cc1cc(C)c2c(c1OC(C)CC)CCC2. The van der Waals surface area contributed by atoms with Crippen molar-refractivity contribution in [1.82, 2.24) is 0 Å². The molecule has 3 nitrogen and oxygen atoms in total. The van der Waals surface area contributed by atoms with E-state index in [1.54, 1.807) is 0 Å². The molecule has 0 saturated heterocycles. The van der Waals surface area contributed by atoms with Crippen LogP contribution < -0.4 is 4.74 Å². The summed E-state index contributed by atoms with van der Waals surface area (Å²) in [6.07, 6.45) is 4.78. The van der Waals surface area contributed by atoms with Gasteiger partial charge in [0.1, 0.15) is 5.75 Å². The number of carbonyl (C=O) groups is 1. The van der Waals surface area contributed by atoms with Crippen LogP contribution in [0.25, 0.3) is 0 Å². The molecule has 0 saturated carbocycles. The smallest absolute Gasteiger partial charge is 0.310 e. The summed E-state index contributed by atoms with van der Waals surface area (Å²) < 4.78 is 11.3. The van der Waals surface area contributed by atoms with Gasteiger partial charge in [0, 0.05) is 5.56 Å². The van der Waals surface area contributed by atoms with E-state index in [2.05, 4.69) is 26.8 Å². The average Bonchev–Trinajstić information content (AvgIpc) is 2.93. The standard InChI is InChI=1S/C18H26O3/c1-5-13(4)21-18-14(11-17(19)20-6-2)10-12(3)15-8-7-9-16(15)18/h10,13H,5-9,11H2,1-4H3. The largest absolute Gasteiger partial charge is 0.490 e. The first-order valence-electron chi connectivity index (χ1n) is 8.03. The van der Waals surface area contributed by atoms with Crippen molar-refractivity contribution in [3.8, 4) is 5.75 Å². The zero-order valence-corrected chi connectivity index (χ0v) is 13.6. The van der Waals surface area contributed by atoms with Crippen molar-refractivity contribution in [3.05, 3.63) is 28.3 Å². The van der Waals surface area contributed by atoms with Crippen molar-refractivity contribution >= 4 is 5.97 Å². The molecule has 1 aliphatic carbocycles. The van der Waals surface area contributed by atoms with E-state index in [0.717, 1.165) is 30.6 Å². The summed E-state index contributed by atoms with van der Waals surface area (Å²) in [5, 5.41) is 0. The lowest BCUT2D eigenvalue weighted by Crippen LogP contribution is -2.15. The number of carbonyl (C=O) groups excluding carboxylic acids is 1. The van der Waals surface area contributed by atoms with Crippen molar-refractivity contribution in [2.45, 2.75) is 65.9 Å². The molecule has 0 amide bonds. The highest BCUT2D eigenvalue weighted by atomic mass is 16.5. The number of hydrogen-bond donors (Lipinski definition) is 0. The monoisotopic (exact) mass is 290 g/mol. The second-order valence-electron chi connectivity index (χ2n) is 5.81. The first kappa shape index (κ1) is 15.9. The Morgan fingerprint density at radius 3 is 2.67 bits per heavy atom. The maximum absolute atomic E-state index is 11.9. The second kappa shape index (κ2) is 6.97. The topological polar surface area (TPSA) is 35.5 Å². The van der Waals surface area contributed by atoms with Crippen molar-refractivity contribution in [3.63, 3.8) is 0 Å². The van der Waals surface area contributed by atoms with Gasteiger partial charge in [0.15, 0.2) is 0 Å². The van der Waals surface area contributed by atoms with E-state index in [-0.39, 0.29) is 12.1 Å². The fourth-order valence-corrected chi connectivity index (χ4v) is 2.97. The van der Waals surface area contributed by atoms with E-state index in [9.17, 15) is 4.79 Å². The lowest BCUT2D eigenvalue weighted by molar-refractivity contribution is -0.142. The molecule has 0 aromatic heterocycles. The molecule has 0 radical (unpaired) electrons. The Kier molecular flexibility index (Phi) is 5.27. The predicted octanol–water partition coefficient (Wildman–Crippen LogP) is 3.77. The minimum absolute atomic E-state index is 0.165. The molecule has 2 rings (SSSR count). The highest BCUT2D eigenvalue weighted by Crippen LogP contribution is 2.37. The Labute approximate surface area is 127 Å². The average molecular weight is 290 g/mol. The number of hydrogen-bond acceptors (Lipinski definition) is 3. The van der Waals surface area contributed by atoms with Crippen LogP contribution in [-0.4, -0.2) is 18.7 Å². The second-order valence-corrected chi connectivity index (χ2v) is 5.81. The van der Waals surface area contributed by atoms with Crippen LogP contribution in [-0.2, 0) is 28.8 Å². The minimum atomic E-state index is -0.177. The molecule has 1 aromatic carbocycles. The number of benzene rings is 1. The molecule has 1 aromatic rings. The molecule has 0 spiro atoms. The molecular weight excluding hydrogens is 264 g/mol. The van der Waals surface area contributed by atoms with Crippen LogP contribution in [0.3, 0.4) is 0 Å². The molecule has 21 heavy (non-hydrogen) atoms. The third kappa shape index (κ3) is 3.58. The summed E-state index contributed by atoms with van der Waals surface area (Å²) >= 11 is 0. The normalized spacial score (nSPS) is 14.7. The number of fused-ring (bicyclic) bond motifs is 1. The van der Waals surface area contributed by atoms with Gasteiger partial charge >= 0.3 is 5.97 Å². The Morgan fingerprint density at radius 1 is 1.29 bits per heavy atom. The first-order valence-corrected chi connectivity index (χ1v) is 8.03. The van der Waals surface area contributed by atoms with Crippen LogP contribution in [0.5, 0.6) is 5.75 Å². The Hall–Kier alpha value is -1.51. The van der Waals surface area contributed by atoms with Crippen LogP contribution in [0, 0.1) is 6.92 Å². The van der Waals surface area contributed by atoms with Crippen LogP contribution >= 0.6 is 0 Å². The summed E-state index contributed by atoms with van der Waals surface area (Å²) in [5.74, 6) is 0.763. The summed E-state index contributed by atoms with van der Waals surface area (Å²) in [6, 6.07) is 2.11. The van der Waals surface area contributed by atoms with Crippen molar-refractivity contribution in [2.24, 2.45) is 0 Å². The fourth-order valence-electron chi connectivity index (χ4n) is 2.97. The lowest BCUT2D eigenvalue weighted by atomic mass is 9.97. The number of rotatable bonds is 6. The van der Waals surface area contributed by atoms with Crippen LogP contribution in [0.1, 0.15) is 55.9 Å². The van der Waals surface area contributed by atoms with Gasteiger partial charge in [0.25, 0.3) is 0 Å². The van der Waals surface area contributed by atoms with Crippen molar-refractivity contribution in [2.75, 3.05) is 6.61 Å². The van der Waals surface area contributed by atoms with Gasteiger partial charge in [-0.2, -0.15) is 0 Å². The van der Waals surface area contributed by atoms with Gasteiger partial charge in [0.05, 0.1) is 19.1 Å². The summed E-state index contributed by atoms with van der Waals surface area (Å²) in [7, 11) is 0. The molecule has 0 aliphatic heterocycles. The van der Waals surface area contributed by atoms with E-state index in [0.29, 0.717) is 13.0 Å². The first-order chi connectivity index (χ1) is 10.1. The molecule has 1 aliphatic rings. The third-order valence-corrected chi connectivity index (χ3v) is 4.18. The molecule has 1 unspecified atom stereocenters. The molecule has 0 N–H and O–H groups in total. The van der Waals surface area contributed by atoms with E-state index in [1.807, 2.05) is 6.92 Å².